The largest absolute Gasteiger partial charge is 0.439 e. The summed E-state index contributed by atoms with van der Waals surface area (Å²) in [5.41, 5.74) is 2.19. The number of aromatic nitrogens is 1. The highest BCUT2D eigenvalue weighted by molar-refractivity contribution is 9.10. The van der Waals surface area contributed by atoms with Gasteiger partial charge in [0.25, 0.3) is 0 Å². The molecular formula is C11H9BrClNO. The van der Waals surface area contributed by atoms with Crippen LogP contribution in [0.15, 0.2) is 33.3 Å². The molecule has 0 aliphatic carbocycles. The van der Waals surface area contributed by atoms with E-state index in [-0.39, 0.29) is 0 Å². The highest BCUT2D eigenvalue weighted by atomic mass is 79.9. The zero-order chi connectivity index (χ0) is 10.8. The Morgan fingerprint density at radius 3 is 2.87 bits per heavy atom. The quantitative estimate of drug-likeness (QED) is 0.775. The van der Waals surface area contributed by atoms with Crippen LogP contribution in [0.1, 0.15) is 11.5 Å². The Bertz CT molecular complexity index is 481. The molecule has 1 aromatic carbocycles. The summed E-state index contributed by atoms with van der Waals surface area (Å²) >= 11 is 9.10. The zero-order valence-electron chi connectivity index (χ0n) is 8.13. The van der Waals surface area contributed by atoms with Gasteiger partial charge in [-0.1, -0.05) is 28.1 Å². The summed E-state index contributed by atoms with van der Waals surface area (Å²) in [5, 5.41) is 0. The lowest BCUT2D eigenvalue weighted by Crippen LogP contribution is -1.78. The van der Waals surface area contributed by atoms with Crippen LogP contribution in [0.25, 0.3) is 11.3 Å². The Morgan fingerprint density at radius 2 is 2.27 bits per heavy atom. The van der Waals surface area contributed by atoms with Crippen molar-refractivity contribution in [1.82, 2.24) is 4.98 Å². The Morgan fingerprint density at radius 1 is 1.47 bits per heavy atom. The molecule has 2 rings (SSSR count). The minimum Gasteiger partial charge on any atom is -0.439 e. The van der Waals surface area contributed by atoms with E-state index >= 15 is 0 Å². The van der Waals surface area contributed by atoms with Gasteiger partial charge in [-0.25, -0.2) is 4.98 Å². The Hall–Kier alpha value is -0.800. The van der Waals surface area contributed by atoms with Gasteiger partial charge in [0.2, 0.25) is 5.89 Å². The van der Waals surface area contributed by atoms with Crippen molar-refractivity contribution >= 4 is 27.5 Å². The minimum absolute atomic E-state index is 0.299. The van der Waals surface area contributed by atoms with E-state index in [1.807, 2.05) is 25.1 Å². The lowest BCUT2D eigenvalue weighted by atomic mass is 10.1. The second kappa shape index (κ2) is 4.37. The summed E-state index contributed by atoms with van der Waals surface area (Å²) in [4.78, 5) is 4.05. The monoisotopic (exact) mass is 285 g/mol. The summed E-state index contributed by atoms with van der Waals surface area (Å²) in [7, 11) is 0. The lowest BCUT2D eigenvalue weighted by Gasteiger charge is -2.00. The topological polar surface area (TPSA) is 26.0 Å². The van der Waals surface area contributed by atoms with Crippen LogP contribution in [-0.2, 0) is 5.88 Å². The smallest absolute Gasteiger partial charge is 0.209 e. The van der Waals surface area contributed by atoms with Gasteiger partial charge in [-0.3, -0.25) is 0 Å². The number of oxazole rings is 1. The van der Waals surface area contributed by atoms with Crippen LogP contribution in [0.3, 0.4) is 0 Å². The average Bonchev–Trinajstić information content (AvgIpc) is 2.70. The van der Waals surface area contributed by atoms with E-state index in [4.69, 9.17) is 16.0 Å². The van der Waals surface area contributed by atoms with Crippen LogP contribution in [0.2, 0.25) is 0 Å². The first-order chi connectivity index (χ1) is 7.20. The number of alkyl halides is 1. The SMILES string of the molecule is Cc1ccc(-c2cnc(CCl)o2)cc1Br. The maximum absolute atomic E-state index is 5.62. The molecule has 1 heterocycles. The van der Waals surface area contributed by atoms with Crippen LogP contribution in [-0.4, -0.2) is 4.98 Å². The molecule has 0 aliphatic heterocycles. The molecule has 0 fully saturated rings. The first kappa shape index (κ1) is 10.7. The van der Waals surface area contributed by atoms with Crippen molar-refractivity contribution in [3.05, 3.63) is 40.3 Å². The van der Waals surface area contributed by atoms with Crippen molar-refractivity contribution in [2.24, 2.45) is 0 Å². The van der Waals surface area contributed by atoms with Crippen molar-refractivity contribution < 1.29 is 4.42 Å². The fourth-order valence-electron chi connectivity index (χ4n) is 1.25. The maximum Gasteiger partial charge on any atom is 0.209 e. The molecule has 0 amide bonds. The molecule has 0 unspecified atom stereocenters. The number of nitrogens with zero attached hydrogens (tertiary/aromatic N) is 1. The van der Waals surface area contributed by atoms with Crippen molar-refractivity contribution in [2.45, 2.75) is 12.8 Å². The van der Waals surface area contributed by atoms with Crippen LogP contribution >= 0.6 is 27.5 Å². The Balaban J connectivity index is 2.40. The number of benzene rings is 1. The predicted octanol–water partition coefficient (Wildman–Crippen LogP) is 4.15. The molecule has 0 bridgehead atoms. The van der Waals surface area contributed by atoms with Gasteiger partial charge in [0, 0.05) is 10.0 Å². The first-order valence-corrected chi connectivity index (χ1v) is 5.80. The van der Waals surface area contributed by atoms with Gasteiger partial charge >= 0.3 is 0 Å². The highest BCUT2D eigenvalue weighted by Gasteiger charge is 2.06. The van der Waals surface area contributed by atoms with Gasteiger partial charge < -0.3 is 4.42 Å². The van der Waals surface area contributed by atoms with Crippen LogP contribution < -0.4 is 0 Å². The summed E-state index contributed by atoms with van der Waals surface area (Å²) in [6.07, 6.45) is 1.69. The molecular weight excluding hydrogens is 277 g/mol. The highest BCUT2D eigenvalue weighted by Crippen LogP contribution is 2.26. The normalized spacial score (nSPS) is 10.6. The molecule has 0 saturated heterocycles. The number of aryl methyl sites for hydroxylation is 1. The van der Waals surface area contributed by atoms with Gasteiger partial charge in [-0.05, 0) is 18.6 Å². The fraction of sp³-hybridized carbons (Fsp3) is 0.182. The number of halogens is 2. The van der Waals surface area contributed by atoms with E-state index in [1.54, 1.807) is 6.20 Å². The van der Waals surface area contributed by atoms with Crippen molar-refractivity contribution in [3.8, 4) is 11.3 Å². The molecule has 2 nitrogen and oxygen atoms in total. The van der Waals surface area contributed by atoms with Gasteiger partial charge in [-0.15, -0.1) is 11.6 Å². The summed E-state index contributed by atoms with van der Waals surface area (Å²) in [6.45, 7) is 2.04. The number of hydrogen-bond donors (Lipinski definition) is 0. The van der Waals surface area contributed by atoms with E-state index in [2.05, 4.69) is 20.9 Å². The summed E-state index contributed by atoms with van der Waals surface area (Å²) < 4.78 is 6.51. The van der Waals surface area contributed by atoms with Crippen molar-refractivity contribution in [1.29, 1.82) is 0 Å². The molecule has 78 valence electrons. The molecule has 0 N–H and O–H groups in total. The zero-order valence-corrected chi connectivity index (χ0v) is 10.5. The maximum atomic E-state index is 5.62. The number of rotatable bonds is 2. The molecule has 15 heavy (non-hydrogen) atoms. The average molecular weight is 287 g/mol. The van der Waals surface area contributed by atoms with Gasteiger partial charge in [0.1, 0.15) is 0 Å². The molecule has 4 heteroatoms. The van der Waals surface area contributed by atoms with Gasteiger partial charge in [0.15, 0.2) is 5.76 Å². The standard InChI is InChI=1S/C11H9BrClNO/c1-7-2-3-8(4-9(7)12)10-6-14-11(5-13)15-10/h2-4,6H,5H2,1H3. The second-order valence-corrected chi connectivity index (χ2v) is 4.34. The van der Waals surface area contributed by atoms with Crippen LogP contribution in [0.5, 0.6) is 0 Å². The fourth-order valence-corrected chi connectivity index (χ4v) is 1.75. The minimum atomic E-state index is 0.299. The third-order valence-electron chi connectivity index (χ3n) is 2.12. The summed E-state index contributed by atoms with van der Waals surface area (Å²) in [6, 6.07) is 6.04. The molecule has 2 aromatic rings. The third-order valence-corrected chi connectivity index (χ3v) is 3.21. The Kier molecular flexibility index (Phi) is 3.12. The van der Waals surface area contributed by atoms with Crippen molar-refractivity contribution in [2.75, 3.05) is 0 Å². The van der Waals surface area contributed by atoms with Crippen LogP contribution in [0.4, 0.5) is 0 Å². The summed E-state index contributed by atoms with van der Waals surface area (Å²) in [5.74, 6) is 1.59. The molecule has 1 aromatic heterocycles. The lowest BCUT2D eigenvalue weighted by molar-refractivity contribution is 0.528. The van der Waals surface area contributed by atoms with E-state index in [0.717, 1.165) is 15.8 Å². The number of hydrogen-bond acceptors (Lipinski definition) is 2. The first-order valence-electron chi connectivity index (χ1n) is 4.48. The van der Waals surface area contributed by atoms with Gasteiger partial charge in [0.05, 0.1) is 12.1 Å². The van der Waals surface area contributed by atoms with Crippen molar-refractivity contribution in [3.63, 3.8) is 0 Å². The predicted molar refractivity (Wildman–Crippen MR) is 63.9 cm³/mol. The van der Waals surface area contributed by atoms with E-state index < -0.39 is 0 Å². The van der Waals surface area contributed by atoms with E-state index in [0.29, 0.717) is 11.8 Å². The second-order valence-electron chi connectivity index (χ2n) is 3.22. The molecule has 0 atom stereocenters. The van der Waals surface area contributed by atoms with Gasteiger partial charge in [-0.2, -0.15) is 0 Å². The molecule has 0 saturated carbocycles. The molecule has 0 spiro atoms. The van der Waals surface area contributed by atoms with E-state index in [9.17, 15) is 0 Å². The third kappa shape index (κ3) is 2.24. The molecule has 0 aliphatic rings. The Labute approximate surface area is 101 Å². The molecule has 0 radical (unpaired) electrons. The van der Waals surface area contributed by atoms with Crippen LogP contribution in [0, 0.1) is 6.92 Å². The van der Waals surface area contributed by atoms with E-state index in [1.165, 1.54) is 5.56 Å².